The lowest BCUT2D eigenvalue weighted by Gasteiger charge is -2.26. The van der Waals surface area contributed by atoms with E-state index in [1.165, 1.54) is 44.2 Å². The molecule has 0 aliphatic carbocycles. The summed E-state index contributed by atoms with van der Waals surface area (Å²) in [6.07, 6.45) is -19.4. The van der Waals surface area contributed by atoms with Crippen molar-refractivity contribution in [1.29, 1.82) is 0 Å². The zero-order valence-electron chi connectivity index (χ0n) is 84.2. The molecule has 52 nitrogen and oxygen atoms in total. The molecule has 1 fully saturated rings. The van der Waals surface area contributed by atoms with Gasteiger partial charge in [0.15, 0.2) is 40.4 Å². The second-order valence-corrected chi connectivity index (χ2v) is 34.4. The van der Waals surface area contributed by atoms with E-state index in [2.05, 4.69) is 53.2 Å². The van der Waals surface area contributed by atoms with Crippen molar-refractivity contribution in [1.82, 2.24) is 63.0 Å². The van der Waals surface area contributed by atoms with Gasteiger partial charge in [0.05, 0.1) is 216 Å². The number of likely N-dealkylation sites (tertiary alicyclic amines) is 1. The van der Waals surface area contributed by atoms with Gasteiger partial charge >= 0.3 is 11.9 Å². The molecular weight excluding hydrogens is 2000 g/mol. The summed E-state index contributed by atoms with van der Waals surface area (Å²) in [4.78, 5) is 206. The smallest absolute Gasteiger partial charge is 0.306 e. The Morgan fingerprint density at radius 1 is 0.446 bits per heavy atom. The lowest BCUT2D eigenvalue weighted by molar-refractivity contribution is -0.150. The minimum atomic E-state index is -2.02. The van der Waals surface area contributed by atoms with Crippen molar-refractivity contribution in [3.63, 3.8) is 0 Å². The molecule has 3 heterocycles. The number of aliphatic hydroxyl groups excluding tert-OH is 10. The van der Waals surface area contributed by atoms with Crippen molar-refractivity contribution in [3.05, 3.63) is 45.8 Å². The molecule has 834 valence electrons. The summed E-state index contributed by atoms with van der Waals surface area (Å²) in [6.45, 7) is 0.450. The Morgan fingerprint density at radius 2 is 0.899 bits per heavy atom. The number of nitrogens with one attached hydrogen (secondary N) is 10. The zero-order chi connectivity index (χ0) is 110. The molecule has 1 unspecified atom stereocenters. The number of imide groups is 1. The van der Waals surface area contributed by atoms with E-state index < -0.39 is 239 Å². The van der Waals surface area contributed by atoms with Crippen LogP contribution in [-0.4, -0.2) is 434 Å². The number of unbranched alkanes of at least 4 members (excludes halogenated alkanes) is 2. The third-order valence-corrected chi connectivity index (χ3v) is 23.0. The van der Waals surface area contributed by atoms with Crippen molar-refractivity contribution >= 4 is 116 Å². The van der Waals surface area contributed by atoms with Gasteiger partial charge in [-0.05, 0) is 57.2 Å². The average Bonchev–Trinajstić information content (AvgIpc) is 1.65. The van der Waals surface area contributed by atoms with Gasteiger partial charge in [-0.25, -0.2) is 8.78 Å². The van der Waals surface area contributed by atoms with Crippen LogP contribution in [0, 0.1) is 11.6 Å². The summed E-state index contributed by atoms with van der Waals surface area (Å²) in [5, 5.41) is 121. The molecule has 13 amide bonds. The van der Waals surface area contributed by atoms with Crippen LogP contribution in [0.15, 0.2) is 18.2 Å². The van der Waals surface area contributed by atoms with Crippen LogP contribution < -0.4 is 72.1 Å². The maximum atomic E-state index is 16.2. The molecule has 2 aliphatic heterocycles. The van der Waals surface area contributed by atoms with Crippen LogP contribution in [0.5, 0.6) is 23.0 Å². The molecule has 12 atom stereocenters. The van der Waals surface area contributed by atoms with Crippen molar-refractivity contribution in [2.45, 2.75) is 197 Å². The maximum absolute atomic E-state index is 16.2. The maximum Gasteiger partial charge on any atom is 0.306 e. The molecule has 5 rings (SSSR count). The Kier molecular flexibility index (Phi) is 61.1. The first-order valence-corrected chi connectivity index (χ1v) is 49.1. The third-order valence-electron chi connectivity index (χ3n) is 21.9. The first kappa shape index (κ1) is 125. The molecular formula is C93H142F2N12O40S. The Balaban J connectivity index is 0.865. The van der Waals surface area contributed by atoms with Gasteiger partial charge in [-0.1, -0.05) is 6.42 Å². The SMILES string of the molecule is [3H]C1CC(=O)N(CCCCCC(=O)N[C@@H](CCC(=O)NC[C@H](C)OC(=O)CCC(=O)N2Cc3cc(OC)c(OCCCOc4c(OC)cc5sc(C(=O)CCC(=O)OCC)cc5c4F)c(F)c3C2)C(=O)NCC(=O)NCC(=O)NCC(=O)NCC(=O)NCCOCCOCCOCCOCCOCCOCCOCCOCCC(=O)N[C@@H](CCC(=O)NC[C@H](O)[C@@H](O)[C@H](O)[C@H](O)CO)C(=O)NC[C@H](O)[C@@H](O)[C@H](O)[C@H](O)CO)C1=O. The number of ether oxygens (including phenoxy) is 14. The third kappa shape index (κ3) is 49.0. The van der Waals surface area contributed by atoms with Gasteiger partial charge in [-0.2, -0.15) is 0 Å². The number of thiophene rings is 1. The molecule has 148 heavy (non-hydrogen) atoms. The molecule has 3 aromatic rings. The normalized spacial score (nSPS) is 15.1. The van der Waals surface area contributed by atoms with Crippen LogP contribution in [0.3, 0.4) is 0 Å². The molecule has 2 aliphatic rings. The van der Waals surface area contributed by atoms with Gasteiger partial charge in [-0.15, -0.1) is 11.3 Å². The van der Waals surface area contributed by atoms with E-state index in [1.807, 2.05) is 0 Å². The molecule has 1 saturated heterocycles. The Bertz CT molecular complexity index is 4730. The van der Waals surface area contributed by atoms with E-state index in [0.717, 1.165) is 16.2 Å². The number of aliphatic hydroxyl groups is 10. The van der Waals surface area contributed by atoms with Crippen molar-refractivity contribution < 1.29 is 204 Å². The fourth-order valence-electron chi connectivity index (χ4n) is 13.7. The van der Waals surface area contributed by atoms with Crippen LogP contribution in [0.1, 0.15) is 139 Å². The molecule has 0 radical (unpaired) electrons. The predicted octanol–water partition coefficient (Wildman–Crippen LogP) is -6.31. The summed E-state index contributed by atoms with van der Waals surface area (Å²) in [6, 6.07) is 1.59. The number of nitrogens with zero attached hydrogens (tertiary/aromatic N) is 2. The van der Waals surface area contributed by atoms with E-state index >= 15 is 8.78 Å². The number of methoxy groups -OCH3 is 2. The van der Waals surface area contributed by atoms with Crippen molar-refractivity contribution in [2.24, 2.45) is 0 Å². The van der Waals surface area contributed by atoms with Crippen LogP contribution in [0.4, 0.5) is 8.78 Å². The number of carbonyl (C=O) groups is 16. The number of rotatable bonds is 82. The first-order valence-electron chi connectivity index (χ1n) is 48.8. The molecule has 2 aromatic carbocycles. The van der Waals surface area contributed by atoms with Crippen molar-refractivity contribution in [3.8, 4) is 23.0 Å². The average molecular weight is 2140 g/mol. The number of carbonyl (C=O) groups excluding carboxylic acids is 16. The monoisotopic (exact) mass is 2140 g/mol. The number of halogens is 2. The van der Waals surface area contributed by atoms with Crippen LogP contribution >= 0.6 is 11.3 Å². The Morgan fingerprint density at radius 3 is 1.40 bits per heavy atom. The summed E-state index contributed by atoms with van der Waals surface area (Å²) >= 11 is 1.03. The second kappa shape index (κ2) is 72.1. The summed E-state index contributed by atoms with van der Waals surface area (Å²) < 4.78 is 117. The number of Topliss-reactive ketones (excluding diaryl/α,β-unsaturated/α-hetero) is 1. The van der Waals surface area contributed by atoms with Crippen LogP contribution in [-0.2, 0) is 132 Å². The van der Waals surface area contributed by atoms with E-state index in [-0.39, 0.29) is 247 Å². The van der Waals surface area contributed by atoms with Crippen LogP contribution in [0.25, 0.3) is 10.1 Å². The number of benzene rings is 2. The summed E-state index contributed by atoms with van der Waals surface area (Å²) in [5.41, 5.74) is 0.570. The number of ketones is 1. The molecule has 55 heteroatoms. The molecule has 0 saturated carbocycles. The molecule has 20 N–H and O–H groups in total. The van der Waals surface area contributed by atoms with Gasteiger partial charge in [-0.3, -0.25) is 81.6 Å². The summed E-state index contributed by atoms with van der Waals surface area (Å²) in [5.74, 6) is -12.9. The number of hydrogen-bond donors (Lipinski definition) is 20. The Labute approximate surface area is 856 Å². The Hall–Kier alpha value is -11.3. The summed E-state index contributed by atoms with van der Waals surface area (Å²) in [7, 11) is 2.62. The number of amides is 13. The number of hydrogen-bond acceptors (Lipinski definition) is 41. The fraction of sp³-hybridized carbons (Fsp3) is 0.677. The topological polar surface area (TPSA) is 731 Å². The van der Waals surface area contributed by atoms with E-state index in [9.17, 15) is 118 Å². The lowest BCUT2D eigenvalue weighted by atomic mass is 10.0. The highest BCUT2D eigenvalue weighted by Gasteiger charge is 2.36. The highest BCUT2D eigenvalue weighted by Crippen LogP contribution is 2.42. The van der Waals surface area contributed by atoms with Gasteiger partial charge in [0, 0.05) is 120 Å². The fourth-order valence-corrected chi connectivity index (χ4v) is 14.8. The van der Waals surface area contributed by atoms with E-state index in [1.54, 1.807) is 6.92 Å². The number of fused-ring (bicyclic) bond motifs is 2. The number of esters is 2. The van der Waals surface area contributed by atoms with Gasteiger partial charge < -0.3 is 175 Å². The first-order chi connectivity index (χ1) is 71.3. The highest BCUT2D eigenvalue weighted by atomic mass is 32.1. The highest BCUT2D eigenvalue weighted by molar-refractivity contribution is 7.20. The predicted molar refractivity (Wildman–Crippen MR) is 510 cm³/mol. The standard InChI is InChI=1S/C93H142F2N12O40S/c1-5-144-82(126)19-13-62(110)70-43-58-69(148-70)44-68(135-4)91(84(58)94)146-25-9-24-145-90-67(134-3)42-57-52-106(53-59(57)85(90)95)79(123)18-20-83(127)147-56(2)45-97-71(115)14-11-61(104-73(117)10-7-6-8-23-107-80(124)16-17-81(107)125)93(133)103-51-78(122)101-50-77(121)100-49-76(120)99-48-75(119)96-22-27-137-29-31-139-33-35-141-37-39-143-41-40-142-38-36-140-34-32-138-30-28-136-26-21-74(118)105-60(92(132)102-47-64(112)87(129)89(131)66(114)55-109)12-15-72(116)98-46-63(111)86(128)88(130)65(113)54-108/h42-44,56,60-61,63-66,86-89,108-109,111-114,128-131H,5-41,45-55H2,1-4H3,(H,96,119)(H,97,115)(H,98,116)(H,99,120)(H,100,121)(H,101,122)(H,102,132)(H,103,133)(H,104,117)(H,105,118)/t56-,60-,61-,63-,64-,65+,66+,86+,87+,88+,89+/m0/s1/i16T/t16?,56-,60-,61-,63-,64-,65+,66+,86+,87+,88+,89+. The van der Waals surface area contributed by atoms with E-state index in [4.69, 9.17) is 77.9 Å². The lowest BCUT2D eigenvalue weighted by Crippen LogP contribution is -2.53. The van der Waals surface area contributed by atoms with Crippen LogP contribution in [0.2, 0.25) is 0 Å². The van der Waals surface area contributed by atoms with E-state index in [0.29, 0.717) is 49.5 Å². The van der Waals surface area contributed by atoms with Gasteiger partial charge in [0.1, 0.15) is 54.8 Å². The van der Waals surface area contributed by atoms with Gasteiger partial charge in [0.25, 0.3) is 0 Å². The molecule has 0 spiro atoms. The van der Waals surface area contributed by atoms with Gasteiger partial charge in [0.2, 0.25) is 76.8 Å². The quantitative estimate of drug-likeness (QED) is 0.0108. The zero-order valence-corrected chi connectivity index (χ0v) is 84.0. The minimum Gasteiger partial charge on any atom is -0.493 e. The van der Waals surface area contributed by atoms with Crippen molar-refractivity contribution in [2.75, 3.05) is 212 Å². The molecule has 0 bridgehead atoms. The second-order valence-electron chi connectivity index (χ2n) is 33.4. The molecule has 1 aromatic heterocycles. The largest absolute Gasteiger partial charge is 0.493 e. The minimum absolute atomic E-state index is 0.0296.